The summed E-state index contributed by atoms with van der Waals surface area (Å²) in [7, 11) is -3.29. The first-order chi connectivity index (χ1) is 7.68. The number of aromatic amines is 1. The van der Waals surface area contributed by atoms with Crippen LogP contribution in [0.2, 0.25) is 0 Å². The molecule has 0 aliphatic carbocycles. The van der Waals surface area contributed by atoms with Gasteiger partial charge in [-0.25, -0.2) is 0 Å². The van der Waals surface area contributed by atoms with Gasteiger partial charge in [-0.2, -0.15) is 17.4 Å². The first kappa shape index (κ1) is 11.6. The third-order valence-corrected chi connectivity index (χ3v) is 4.33. The van der Waals surface area contributed by atoms with E-state index in [1.807, 2.05) is 6.07 Å². The van der Waals surface area contributed by atoms with Gasteiger partial charge in [0.05, 0.1) is 0 Å². The van der Waals surface area contributed by atoms with Gasteiger partial charge in [-0.15, -0.1) is 0 Å². The van der Waals surface area contributed by atoms with Gasteiger partial charge in [0.2, 0.25) is 0 Å². The average molecular weight is 243 g/mol. The van der Waals surface area contributed by atoms with Gasteiger partial charge < -0.3 is 4.98 Å². The maximum Gasteiger partial charge on any atom is 0.279 e. The van der Waals surface area contributed by atoms with Crippen LogP contribution >= 0.6 is 0 Å². The zero-order chi connectivity index (χ0) is 11.4. The van der Waals surface area contributed by atoms with Crippen molar-refractivity contribution in [3.63, 3.8) is 0 Å². The van der Waals surface area contributed by atoms with Crippen LogP contribution in [-0.2, 0) is 16.8 Å². The van der Waals surface area contributed by atoms with Crippen LogP contribution in [0.25, 0.3) is 0 Å². The summed E-state index contributed by atoms with van der Waals surface area (Å²) in [6.07, 6.45) is 6.63. The quantitative estimate of drug-likeness (QED) is 0.823. The summed E-state index contributed by atoms with van der Waals surface area (Å²) in [5.74, 6) is 0. The molecule has 1 aliphatic rings. The Kier molecular flexibility index (Phi) is 3.63. The number of nitrogens with one attached hydrogen (secondary N) is 2. The number of nitrogens with zero attached hydrogens (tertiary/aromatic N) is 1. The number of hydrogen-bond donors (Lipinski definition) is 2. The van der Waals surface area contributed by atoms with E-state index in [9.17, 15) is 8.42 Å². The Bertz CT molecular complexity index is 407. The Hall–Kier alpha value is -0.850. The highest BCUT2D eigenvalue weighted by Crippen LogP contribution is 2.12. The molecule has 5 nitrogen and oxygen atoms in total. The molecule has 2 rings (SSSR count). The fourth-order valence-electron chi connectivity index (χ4n) is 1.84. The molecule has 0 amide bonds. The smallest absolute Gasteiger partial charge is 0.279 e. The largest absolute Gasteiger partial charge is 0.367 e. The van der Waals surface area contributed by atoms with Gasteiger partial charge in [-0.3, -0.25) is 0 Å². The van der Waals surface area contributed by atoms with Crippen LogP contribution in [-0.4, -0.2) is 30.8 Å². The minimum absolute atomic E-state index is 0.350. The molecule has 0 bridgehead atoms. The average Bonchev–Trinajstić information content (AvgIpc) is 2.81. The third kappa shape index (κ3) is 2.84. The van der Waals surface area contributed by atoms with E-state index < -0.39 is 10.2 Å². The van der Waals surface area contributed by atoms with Crippen LogP contribution in [0.5, 0.6) is 0 Å². The fraction of sp³-hybridized carbons (Fsp3) is 0.600. The molecular weight excluding hydrogens is 226 g/mol. The molecule has 0 unspecified atom stereocenters. The van der Waals surface area contributed by atoms with Crippen molar-refractivity contribution in [2.45, 2.75) is 25.8 Å². The lowest BCUT2D eigenvalue weighted by atomic mass is 10.2. The SMILES string of the molecule is O=S(=O)(NCc1cc[nH]c1)N1CCCCC1. The number of rotatable bonds is 4. The lowest BCUT2D eigenvalue weighted by Crippen LogP contribution is -2.43. The summed E-state index contributed by atoms with van der Waals surface area (Å²) >= 11 is 0. The third-order valence-electron chi connectivity index (χ3n) is 2.78. The molecule has 0 aromatic carbocycles. The normalized spacial score (nSPS) is 18.8. The molecular formula is C10H17N3O2S. The topological polar surface area (TPSA) is 65.2 Å². The molecule has 0 radical (unpaired) electrons. The molecule has 1 fully saturated rings. The van der Waals surface area contributed by atoms with Gasteiger partial charge in [0, 0.05) is 32.0 Å². The summed E-state index contributed by atoms with van der Waals surface area (Å²) in [5, 5.41) is 0. The van der Waals surface area contributed by atoms with E-state index in [1.165, 1.54) is 4.31 Å². The predicted octanol–water partition coefficient (Wildman–Crippen LogP) is 0.835. The first-order valence-electron chi connectivity index (χ1n) is 5.55. The lowest BCUT2D eigenvalue weighted by molar-refractivity contribution is 0.341. The van der Waals surface area contributed by atoms with Gasteiger partial charge in [-0.05, 0) is 24.5 Å². The molecule has 1 aromatic rings. The zero-order valence-electron chi connectivity index (χ0n) is 9.15. The highest BCUT2D eigenvalue weighted by Gasteiger charge is 2.22. The highest BCUT2D eigenvalue weighted by atomic mass is 32.2. The minimum atomic E-state index is -3.29. The van der Waals surface area contributed by atoms with Crippen molar-refractivity contribution in [2.24, 2.45) is 0 Å². The molecule has 0 spiro atoms. The molecule has 16 heavy (non-hydrogen) atoms. The Labute approximate surface area is 96.0 Å². The molecule has 1 saturated heterocycles. The number of H-pyrrole nitrogens is 1. The van der Waals surface area contributed by atoms with E-state index in [0.717, 1.165) is 24.8 Å². The van der Waals surface area contributed by atoms with Crippen LogP contribution in [0.3, 0.4) is 0 Å². The van der Waals surface area contributed by atoms with Crippen molar-refractivity contribution in [1.82, 2.24) is 14.0 Å². The van der Waals surface area contributed by atoms with Crippen molar-refractivity contribution in [3.8, 4) is 0 Å². The lowest BCUT2D eigenvalue weighted by Gasteiger charge is -2.25. The molecule has 6 heteroatoms. The van der Waals surface area contributed by atoms with Crippen LogP contribution in [0, 0.1) is 0 Å². The van der Waals surface area contributed by atoms with Crippen molar-refractivity contribution in [1.29, 1.82) is 0 Å². The molecule has 2 heterocycles. The zero-order valence-corrected chi connectivity index (χ0v) is 9.96. The van der Waals surface area contributed by atoms with Gasteiger partial charge in [-0.1, -0.05) is 6.42 Å². The van der Waals surface area contributed by atoms with Crippen molar-refractivity contribution < 1.29 is 8.42 Å². The summed E-state index contributed by atoms with van der Waals surface area (Å²) in [5.41, 5.74) is 0.945. The standard InChI is InChI=1S/C10H17N3O2S/c14-16(15,13-6-2-1-3-7-13)12-9-10-4-5-11-8-10/h4-5,8,11-12H,1-3,6-7,9H2. The molecule has 1 aromatic heterocycles. The number of piperidine rings is 1. The van der Waals surface area contributed by atoms with E-state index in [-0.39, 0.29) is 0 Å². The Morgan fingerprint density at radius 2 is 2.06 bits per heavy atom. The van der Waals surface area contributed by atoms with Crippen molar-refractivity contribution in [2.75, 3.05) is 13.1 Å². The van der Waals surface area contributed by atoms with Crippen LogP contribution < -0.4 is 4.72 Å². The van der Waals surface area contributed by atoms with E-state index in [4.69, 9.17) is 0 Å². The number of aromatic nitrogens is 1. The summed E-state index contributed by atoms with van der Waals surface area (Å²) in [6.45, 7) is 1.63. The van der Waals surface area contributed by atoms with Crippen molar-refractivity contribution >= 4 is 10.2 Å². The van der Waals surface area contributed by atoms with E-state index >= 15 is 0 Å². The molecule has 2 N–H and O–H groups in total. The maximum atomic E-state index is 11.9. The molecule has 90 valence electrons. The van der Waals surface area contributed by atoms with Crippen LogP contribution in [0.4, 0.5) is 0 Å². The maximum absolute atomic E-state index is 11.9. The molecule has 0 saturated carbocycles. The Morgan fingerprint density at radius 1 is 1.31 bits per heavy atom. The van der Waals surface area contributed by atoms with E-state index in [1.54, 1.807) is 12.4 Å². The monoisotopic (exact) mass is 243 g/mol. The molecule has 0 atom stereocenters. The van der Waals surface area contributed by atoms with Crippen LogP contribution in [0.1, 0.15) is 24.8 Å². The first-order valence-corrected chi connectivity index (χ1v) is 6.99. The van der Waals surface area contributed by atoms with Gasteiger partial charge in [0.1, 0.15) is 0 Å². The van der Waals surface area contributed by atoms with Crippen molar-refractivity contribution in [3.05, 3.63) is 24.0 Å². The van der Waals surface area contributed by atoms with Gasteiger partial charge in [0.15, 0.2) is 0 Å². The minimum Gasteiger partial charge on any atom is -0.367 e. The Balaban J connectivity index is 1.91. The van der Waals surface area contributed by atoms with Crippen LogP contribution in [0.15, 0.2) is 18.5 Å². The van der Waals surface area contributed by atoms with Gasteiger partial charge in [0.25, 0.3) is 10.2 Å². The summed E-state index contributed by atoms with van der Waals surface area (Å²) in [6, 6.07) is 1.86. The predicted molar refractivity (Wildman–Crippen MR) is 62.0 cm³/mol. The van der Waals surface area contributed by atoms with E-state index in [0.29, 0.717) is 19.6 Å². The van der Waals surface area contributed by atoms with E-state index in [2.05, 4.69) is 9.71 Å². The van der Waals surface area contributed by atoms with Gasteiger partial charge >= 0.3 is 0 Å². The fourth-order valence-corrected chi connectivity index (χ4v) is 3.11. The number of hydrogen-bond acceptors (Lipinski definition) is 2. The second-order valence-electron chi connectivity index (χ2n) is 4.01. The highest BCUT2D eigenvalue weighted by molar-refractivity contribution is 7.87. The summed E-state index contributed by atoms with van der Waals surface area (Å²) < 4.78 is 27.9. The summed E-state index contributed by atoms with van der Waals surface area (Å²) in [4.78, 5) is 2.90. The Morgan fingerprint density at radius 3 is 2.69 bits per heavy atom. The second kappa shape index (κ2) is 4.99. The second-order valence-corrected chi connectivity index (χ2v) is 5.76. The molecule has 1 aliphatic heterocycles.